The van der Waals surface area contributed by atoms with Gasteiger partial charge in [0.15, 0.2) is 0 Å². The van der Waals surface area contributed by atoms with Gasteiger partial charge >= 0.3 is 5.97 Å². The van der Waals surface area contributed by atoms with Crippen LogP contribution < -0.4 is 5.32 Å². The first-order valence-electron chi connectivity index (χ1n) is 12.4. The third-order valence-electron chi connectivity index (χ3n) is 7.52. The van der Waals surface area contributed by atoms with Gasteiger partial charge in [-0.1, -0.05) is 6.07 Å². The Kier molecular flexibility index (Phi) is 5.51. The highest BCUT2D eigenvalue weighted by Crippen LogP contribution is 2.47. The molecule has 37 heavy (non-hydrogen) atoms. The molecule has 1 fully saturated rings. The normalized spacial score (nSPS) is 20.1. The Balaban J connectivity index is 1.29. The molecular weight excluding hydrogens is 471 g/mol. The van der Waals surface area contributed by atoms with Crippen LogP contribution in [0.1, 0.15) is 52.7 Å². The summed E-state index contributed by atoms with van der Waals surface area (Å²) in [6.07, 6.45) is 3.89. The lowest BCUT2D eigenvalue weighted by Crippen LogP contribution is -2.10. The van der Waals surface area contributed by atoms with Gasteiger partial charge in [-0.15, -0.1) is 10.2 Å². The molecule has 6 rings (SSSR count). The molecule has 0 bridgehead atoms. The van der Waals surface area contributed by atoms with Gasteiger partial charge in [-0.2, -0.15) is 4.80 Å². The molecule has 0 aliphatic heterocycles. The van der Waals surface area contributed by atoms with E-state index in [1.165, 1.54) is 4.80 Å². The summed E-state index contributed by atoms with van der Waals surface area (Å²) in [4.78, 5) is 17.1. The van der Waals surface area contributed by atoms with Crippen molar-refractivity contribution in [2.75, 3.05) is 5.32 Å². The number of aryl methyl sites for hydroxylation is 3. The van der Waals surface area contributed by atoms with Gasteiger partial charge in [0.05, 0.1) is 30.9 Å². The smallest absolute Gasteiger partial charge is 0.307 e. The van der Waals surface area contributed by atoms with Crippen LogP contribution in [-0.4, -0.2) is 36.3 Å². The molecule has 9 heteroatoms. The number of aromatic nitrogens is 5. The summed E-state index contributed by atoms with van der Waals surface area (Å²) in [6.45, 7) is 4.12. The third-order valence-corrected chi connectivity index (χ3v) is 7.52. The van der Waals surface area contributed by atoms with Crippen molar-refractivity contribution >= 4 is 11.7 Å². The molecule has 0 radical (unpaired) electrons. The largest absolute Gasteiger partial charge is 0.481 e. The predicted molar refractivity (Wildman–Crippen MR) is 137 cm³/mol. The van der Waals surface area contributed by atoms with Gasteiger partial charge in [0, 0.05) is 22.7 Å². The molecule has 188 valence electrons. The quantitative estimate of drug-likeness (QED) is 0.386. The van der Waals surface area contributed by atoms with Crippen LogP contribution in [0.25, 0.3) is 22.5 Å². The number of benzene rings is 2. The monoisotopic (exact) mass is 498 g/mol. The summed E-state index contributed by atoms with van der Waals surface area (Å²) in [6, 6.07) is 11.2. The molecule has 3 atom stereocenters. The number of rotatable bonds is 6. The van der Waals surface area contributed by atoms with Gasteiger partial charge in [0.2, 0.25) is 5.82 Å². The minimum absolute atomic E-state index is 0.0126. The Morgan fingerprint density at radius 2 is 1.95 bits per heavy atom. The lowest BCUT2D eigenvalue weighted by Gasteiger charge is -2.19. The van der Waals surface area contributed by atoms with Crippen LogP contribution in [0, 0.1) is 25.6 Å². The SMILES string of the molecule is Cc1cc(-c2nnn(C)n2)cc(C)c1-c1ccc(F)c2c1CC[C@H]2Nc1ccc([C@@H]2C[C@H]2C(=O)O)nc1. The standard InChI is InChI=1S/C28H27FN6O2/c1-14-10-16(27-32-34-35(3)33-27)11-15(2)25(14)18-5-7-22(29)26-19(18)6-9-24(26)31-17-4-8-23(30-13-17)20-12-21(20)28(36)37/h4-5,7-8,10-11,13,20-21,24,31H,6,9,12H2,1-3H3,(H,36,37)/t20-,21-,24-/m1/s1. The second-order valence-electron chi connectivity index (χ2n) is 10.1. The first kappa shape index (κ1) is 23.3. The average molecular weight is 499 g/mol. The van der Waals surface area contributed by atoms with Gasteiger partial charge in [-0.05, 0) is 96.5 Å². The van der Waals surface area contributed by atoms with Gasteiger partial charge in [0.1, 0.15) is 5.82 Å². The number of nitrogens with one attached hydrogen (secondary N) is 1. The minimum Gasteiger partial charge on any atom is -0.481 e. The number of nitrogens with zero attached hydrogens (tertiary/aromatic N) is 5. The number of pyridine rings is 1. The number of carbonyl (C=O) groups is 1. The van der Waals surface area contributed by atoms with E-state index in [1.807, 2.05) is 18.2 Å². The van der Waals surface area contributed by atoms with Crippen LogP contribution >= 0.6 is 0 Å². The number of halogens is 1. The van der Waals surface area contributed by atoms with Crippen LogP contribution in [0.2, 0.25) is 0 Å². The van der Waals surface area contributed by atoms with Gasteiger partial charge in [-0.25, -0.2) is 4.39 Å². The first-order valence-corrected chi connectivity index (χ1v) is 12.4. The van der Waals surface area contributed by atoms with E-state index in [0.29, 0.717) is 17.8 Å². The number of fused-ring (bicyclic) bond motifs is 1. The Morgan fingerprint density at radius 1 is 1.16 bits per heavy atom. The van der Waals surface area contributed by atoms with Crippen LogP contribution in [0.5, 0.6) is 0 Å². The van der Waals surface area contributed by atoms with E-state index in [9.17, 15) is 4.79 Å². The summed E-state index contributed by atoms with van der Waals surface area (Å²) in [5.41, 5.74) is 8.54. The summed E-state index contributed by atoms with van der Waals surface area (Å²) < 4.78 is 15.2. The molecule has 0 saturated heterocycles. The van der Waals surface area contributed by atoms with E-state index in [1.54, 1.807) is 19.3 Å². The third kappa shape index (κ3) is 4.14. The van der Waals surface area contributed by atoms with Gasteiger partial charge < -0.3 is 10.4 Å². The zero-order chi connectivity index (χ0) is 25.8. The Morgan fingerprint density at radius 3 is 2.57 bits per heavy atom. The highest BCUT2D eigenvalue weighted by atomic mass is 19.1. The molecular formula is C28H27FN6O2. The van der Waals surface area contributed by atoms with E-state index in [0.717, 1.165) is 57.6 Å². The minimum atomic E-state index is -0.770. The maximum absolute atomic E-state index is 15.2. The summed E-state index contributed by atoms with van der Waals surface area (Å²) in [5, 5.41) is 25.0. The molecule has 2 N–H and O–H groups in total. The lowest BCUT2D eigenvalue weighted by molar-refractivity contribution is -0.138. The molecule has 2 aromatic carbocycles. The van der Waals surface area contributed by atoms with E-state index in [2.05, 4.69) is 51.7 Å². The second-order valence-corrected chi connectivity index (χ2v) is 10.1. The number of hydrogen-bond acceptors (Lipinski definition) is 6. The van der Waals surface area contributed by atoms with E-state index in [-0.39, 0.29) is 23.7 Å². The van der Waals surface area contributed by atoms with Crippen LogP contribution in [0.3, 0.4) is 0 Å². The van der Waals surface area contributed by atoms with Crippen molar-refractivity contribution in [2.45, 2.75) is 45.1 Å². The lowest BCUT2D eigenvalue weighted by atomic mass is 9.89. The molecule has 1 saturated carbocycles. The zero-order valence-electron chi connectivity index (χ0n) is 20.9. The number of hydrogen-bond donors (Lipinski definition) is 2. The number of aliphatic carboxylic acids is 1. The average Bonchev–Trinajstić information content (AvgIpc) is 3.38. The molecule has 0 unspecified atom stereocenters. The molecule has 8 nitrogen and oxygen atoms in total. The fourth-order valence-electron chi connectivity index (χ4n) is 5.72. The highest BCUT2D eigenvalue weighted by molar-refractivity contribution is 5.79. The Hall–Kier alpha value is -4.14. The maximum Gasteiger partial charge on any atom is 0.307 e. The van der Waals surface area contributed by atoms with Gasteiger partial charge in [-0.3, -0.25) is 9.78 Å². The van der Waals surface area contributed by atoms with Crippen molar-refractivity contribution in [1.82, 2.24) is 25.2 Å². The van der Waals surface area contributed by atoms with Gasteiger partial charge in [0.25, 0.3) is 0 Å². The van der Waals surface area contributed by atoms with Crippen molar-refractivity contribution in [3.63, 3.8) is 0 Å². The van der Waals surface area contributed by atoms with Crippen molar-refractivity contribution in [3.05, 3.63) is 76.4 Å². The summed E-state index contributed by atoms with van der Waals surface area (Å²) in [7, 11) is 1.74. The highest BCUT2D eigenvalue weighted by Gasteiger charge is 2.45. The maximum atomic E-state index is 15.2. The predicted octanol–water partition coefficient (Wildman–Crippen LogP) is 4.98. The molecule has 2 heterocycles. The Bertz CT molecular complexity index is 1510. The fraction of sp³-hybridized carbons (Fsp3) is 0.321. The van der Waals surface area contributed by atoms with Crippen LogP contribution in [0.15, 0.2) is 42.6 Å². The van der Waals surface area contributed by atoms with Crippen LogP contribution in [-0.2, 0) is 18.3 Å². The van der Waals surface area contributed by atoms with Crippen molar-refractivity contribution < 1.29 is 14.3 Å². The van der Waals surface area contributed by atoms with E-state index in [4.69, 9.17) is 5.11 Å². The molecule has 4 aromatic rings. The van der Waals surface area contributed by atoms with Crippen molar-refractivity contribution in [3.8, 4) is 22.5 Å². The van der Waals surface area contributed by atoms with E-state index >= 15 is 4.39 Å². The summed E-state index contributed by atoms with van der Waals surface area (Å²) >= 11 is 0. The molecule has 0 spiro atoms. The first-order chi connectivity index (χ1) is 17.8. The number of tetrazole rings is 1. The molecule has 2 aromatic heterocycles. The van der Waals surface area contributed by atoms with Crippen molar-refractivity contribution in [2.24, 2.45) is 13.0 Å². The molecule has 2 aliphatic carbocycles. The zero-order valence-corrected chi connectivity index (χ0v) is 20.9. The number of anilines is 1. The number of carboxylic acids is 1. The molecule has 2 aliphatic rings. The van der Waals surface area contributed by atoms with E-state index < -0.39 is 5.97 Å². The second kappa shape index (κ2) is 8.76. The Labute approximate surface area is 213 Å². The fourth-order valence-corrected chi connectivity index (χ4v) is 5.72. The molecule has 0 amide bonds. The van der Waals surface area contributed by atoms with Crippen molar-refractivity contribution in [1.29, 1.82) is 0 Å². The van der Waals surface area contributed by atoms with Crippen LogP contribution in [0.4, 0.5) is 10.1 Å². The summed E-state index contributed by atoms with van der Waals surface area (Å²) in [5.74, 6) is -0.752. The number of carboxylic acid groups (broad SMARTS) is 1. The topological polar surface area (TPSA) is 106 Å².